The first kappa shape index (κ1) is 23.8. The van der Waals surface area contributed by atoms with Gasteiger partial charge in [0, 0.05) is 51.8 Å². The Hall–Kier alpha value is -2.89. The van der Waals surface area contributed by atoms with Crippen molar-refractivity contribution in [3.05, 3.63) is 22.8 Å². The van der Waals surface area contributed by atoms with Crippen LogP contribution in [0.1, 0.15) is 24.8 Å². The van der Waals surface area contributed by atoms with E-state index in [4.69, 9.17) is 16.3 Å². The molecule has 2 aliphatic rings. The Morgan fingerprint density at radius 2 is 1.72 bits per heavy atom. The van der Waals surface area contributed by atoms with Gasteiger partial charge in [-0.15, -0.1) is 0 Å². The van der Waals surface area contributed by atoms with Crippen LogP contribution in [0.15, 0.2) is 12.3 Å². The van der Waals surface area contributed by atoms with Crippen LogP contribution in [-0.2, 0) is 30.1 Å². The van der Waals surface area contributed by atoms with Crippen molar-refractivity contribution in [1.82, 2.24) is 14.8 Å². The number of esters is 1. The summed E-state index contributed by atoms with van der Waals surface area (Å²) in [5.74, 6) is -1.61. The fourth-order valence-corrected chi connectivity index (χ4v) is 3.65. The SMILES string of the molecule is O=C(CCN1C(=O)CCC1=O)OCC(=O)N1CCN(c2ncc(C(F)(F)F)cc2Cl)CC1. The number of likely N-dealkylation sites (tertiary alicyclic amines) is 1. The lowest BCUT2D eigenvalue weighted by Gasteiger charge is -2.35. The largest absolute Gasteiger partial charge is 0.456 e. The van der Waals surface area contributed by atoms with Crippen molar-refractivity contribution in [1.29, 1.82) is 0 Å². The van der Waals surface area contributed by atoms with Crippen LogP contribution in [0.4, 0.5) is 19.0 Å². The van der Waals surface area contributed by atoms with Crippen LogP contribution >= 0.6 is 11.6 Å². The number of carbonyl (C=O) groups is 4. The summed E-state index contributed by atoms with van der Waals surface area (Å²) in [6.07, 6.45) is -3.77. The summed E-state index contributed by atoms with van der Waals surface area (Å²) in [6.45, 7) is 0.497. The third kappa shape index (κ3) is 5.67. The third-order valence-electron chi connectivity index (χ3n) is 5.13. The maximum atomic E-state index is 12.7. The number of aromatic nitrogens is 1. The van der Waals surface area contributed by atoms with Crippen molar-refractivity contribution in [2.45, 2.75) is 25.4 Å². The number of pyridine rings is 1. The number of carbonyl (C=O) groups excluding carboxylic acids is 4. The van der Waals surface area contributed by atoms with Gasteiger partial charge in [-0.1, -0.05) is 11.6 Å². The van der Waals surface area contributed by atoms with Gasteiger partial charge in [0.15, 0.2) is 6.61 Å². The highest BCUT2D eigenvalue weighted by Crippen LogP contribution is 2.33. The van der Waals surface area contributed by atoms with Gasteiger partial charge in [0.2, 0.25) is 11.8 Å². The minimum atomic E-state index is -4.54. The molecule has 0 atom stereocenters. The summed E-state index contributed by atoms with van der Waals surface area (Å²) in [6, 6.07) is 0.810. The molecule has 0 bridgehead atoms. The summed E-state index contributed by atoms with van der Waals surface area (Å²) in [5, 5.41) is -0.136. The molecule has 2 saturated heterocycles. The van der Waals surface area contributed by atoms with Gasteiger partial charge < -0.3 is 14.5 Å². The Labute approximate surface area is 186 Å². The summed E-state index contributed by atoms with van der Waals surface area (Å²) < 4.78 is 43.2. The van der Waals surface area contributed by atoms with E-state index < -0.39 is 30.2 Å². The zero-order valence-corrected chi connectivity index (χ0v) is 17.6. The second-order valence-electron chi connectivity index (χ2n) is 7.24. The lowest BCUT2D eigenvalue weighted by molar-refractivity contribution is -0.153. The number of amides is 3. The van der Waals surface area contributed by atoms with Gasteiger partial charge in [-0.2, -0.15) is 13.2 Å². The Bertz CT molecular complexity index is 903. The predicted molar refractivity (Wildman–Crippen MR) is 105 cm³/mol. The molecule has 0 aliphatic carbocycles. The average Bonchev–Trinajstić information content (AvgIpc) is 3.07. The number of imide groups is 1. The number of piperazine rings is 1. The highest BCUT2D eigenvalue weighted by molar-refractivity contribution is 6.33. The number of nitrogens with zero attached hydrogens (tertiary/aromatic N) is 4. The number of rotatable bonds is 6. The molecule has 0 unspecified atom stereocenters. The Morgan fingerprint density at radius 1 is 1.09 bits per heavy atom. The summed E-state index contributed by atoms with van der Waals surface area (Å²) in [4.78, 5) is 55.0. The molecule has 3 heterocycles. The van der Waals surface area contributed by atoms with Crippen molar-refractivity contribution in [3.63, 3.8) is 0 Å². The van der Waals surface area contributed by atoms with Crippen LogP contribution in [0, 0.1) is 0 Å². The van der Waals surface area contributed by atoms with Crippen molar-refractivity contribution in [2.75, 3.05) is 44.2 Å². The molecule has 2 aliphatic heterocycles. The van der Waals surface area contributed by atoms with Crippen LogP contribution in [0.25, 0.3) is 0 Å². The minimum absolute atomic E-state index is 0.0791. The highest BCUT2D eigenvalue weighted by atomic mass is 35.5. The van der Waals surface area contributed by atoms with Crippen LogP contribution in [-0.4, -0.2) is 77.8 Å². The fraction of sp³-hybridized carbons (Fsp3) is 0.526. The zero-order valence-electron chi connectivity index (χ0n) is 16.9. The van der Waals surface area contributed by atoms with Gasteiger partial charge in [-0.05, 0) is 6.07 Å². The Morgan fingerprint density at radius 3 is 2.28 bits per heavy atom. The Balaban J connectivity index is 1.43. The number of hydrogen-bond donors (Lipinski definition) is 0. The normalized spacial score (nSPS) is 17.2. The first-order valence-corrected chi connectivity index (χ1v) is 10.2. The van der Waals surface area contributed by atoms with Gasteiger partial charge in [0.05, 0.1) is 17.0 Å². The molecule has 0 N–H and O–H groups in total. The van der Waals surface area contributed by atoms with E-state index in [0.717, 1.165) is 11.0 Å². The summed E-state index contributed by atoms with van der Waals surface area (Å²) in [5.41, 5.74) is -0.944. The molecular formula is C19H20ClF3N4O5. The second kappa shape index (κ2) is 9.72. The number of halogens is 4. The van der Waals surface area contributed by atoms with E-state index in [0.29, 0.717) is 6.20 Å². The van der Waals surface area contributed by atoms with E-state index in [1.165, 1.54) is 4.90 Å². The first-order chi connectivity index (χ1) is 15.1. The molecule has 0 spiro atoms. The van der Waals surface area contributed by atoms with E-state index in [-0.39, 0.29) is 74.6 Å². The second-order valence-corrected chi connectivity index (χ2v) is 7.65. The fourth-order valence-electron chi connectivity index (χ4n) is 3.37. The molecule has 0 aromatic carbocycles. The standard InChI is InChI=1S/C19H20ClF3N4O5/c20-13-9-12(19(21,22)23)10-24-18(13)26-7-5-25(6-8-26)16(30)11-32-17(31)3-4-27-14(28)1-2-15(27)29/h9-10H,1-8,11H2. The van der Waals surface area contributed by atoms with Crippen molar-refractivity contribution < 1.29 is 37.1 Å². The van der Waals surface area contributed by atoms with Gasteiger partial charge >= 0.3 is 12.1 Å². The molecule has 0 radical (unpaired) electrons. The minimum Gasteiger partial charge on any atom is -0.456 e. The smallest absolute Gasteiger partial charge is 0.417 e. The molecule has 32 heavy (non-hydrogen) atoms. The first-order valence-electron chi connectivity index (χ1n) is 9.80. The van der Waals surface area contributed by atoms with Gasteiger partial charge in [-0.3, -0.25) is 24.1 Å². The molecular weight excluding hydrogens is 457 g/mol. The monoisotopic (exact) mass is 476 g/mol. The Kier molecular flexibility index (Phi) is 7.22. The average molecular weight is 477 g/mol. The molecule has 3 rings (SSSR count). The van der Waals surface area contributed by atoms with E-state index in [1.54, 1.807) is 4.90 Å². The molecule has 9 nitrogen and oxygen atoms in total. The molecule has 13 heteroatoms. The lowest BCUT2D eigenvalue weighted by atomic mass is 10.2. The van der Waals surface area contributed by atoms with Crippen molar-refractivity contribution in [2.24, 2.45) is 0 Å². The number of hydrogen-bond acceptors (Lipinski definition) is 7. The number of anilines is 1. The van der Waals surface area contributed by atoms with E-state index in [2.05, 4.69) is 4.98 Å². The molecule has 3 amide bonds. The number of alkyl halides is 3. The van der Waals surface area contributed by atoms with E-state index in [1.807, 2.05) is 0 Å². The molecule has 174 valence electrons. The maximum Gasteiger partial charge on any atom is 0.417 e. The van der Waals surface area contributed by atoms with Gasteiger partial charge in [0.1, 0.15) is 5.82 Å². The van der Waals surface area contributed by atoms with E-state index >= 15 is 0 Å². The van der Waals surface area contributed by atoms with Crippen LogP contribution in [0.3, 0.4) is 0 Å². The quantitative estimate of drug-likeness (QED) is 0.453. The van der Waals surface area contributed by atoms with Gasteiger partial charge in [-0.25, -0.2) is 4.98 Å². The van der Waals surface area contributed by atoms with Crippen LogP contribution in [0.5, 0.6) is 0 Å². The molecule has 1 aromatic heterocycles. The number of ether oxygens (including phenoxy) is 1. The summed E-state index contributed by atoms with van der Waals surface area (Å²) >= 11 is 5.96. The van der Waals surface area contributed by atoms with Crippen LogP contribution in [0.2, 0.25) is 5.02 Å². The highest BCUT2D eigenvalue weighted by Gasteiger charge is 2.33. The van der Waals surface area contributed by atoms with Crippen molar-refractivity contribution in [3.8, 4) is 0 Å². The lowest BCUT2D eigenvalue weighted by Crippen LogP contribution is -2.50. The van der Waals surface area contributed by atoms with Gasteiger partial charge in [0.25, 0.3) is 5.91 Å². The maximum absolute atomic E-state index is 12.7. The topological polar surface area (TPSA) is 100 Å². The molecule has 2 fully saturated rings. The van der Waals surface area contributed by atoms with E-state index in [9.17, 15) is 32.3 Å². The molecule has 1 aromatic rings. The van der Waals surface area contributed by atoms with Crippen molar-refractivity contribution >= 4 is 41.1 Å². The van der Waals surface area contributed by atoms with Crippen LogP contribution < -0.4 is 4.90 Å². The summed E-state index contributed by atoms with van der Waals surface area (Å²) in [7, 11) is 0. The zero-order chi connectivity index (χ0) is 23.5. The molecule has 0 saturated carbocycles. The predicted octanol–water partition coefficient (Wildman–Crippen LogP) is 1.48. The third-order valence-corrected chi connectivity index (χ3v) is 5.41.